The van der Waals surface area contributed by atoms with Crippen LogP contribution in [0.4, 0.5) is 0 Å². The summed E-state index contributed by atoms with van der Waals surface area (Å²) in [6, 6.07) is 0. The first kappa shape index (κ1) is 18.0. The Hall–Kier alpha value is -2.41. The zero-order valence-electron chi connectivity index (χ0n) is 15.5. The molecule has 0 spiro atoms. The number of fused-ring (bicyclic) bond motifs is 2. The van der Waals surface area contributed by atoms with Gasteiger partial charge >= 0.3 is 17.9 Å². The van der Waals surface area contributed by atoms with Crippen molar-refractivity contribution in [2.45, 2.75) is 63.6 Å². The summed E-state index contributed by atoms with van der Waals surface area (Å²) in [5.74, 6) is -2.15. The van der Waals surface area contributed by atoms with E-state index in [-0.39, 0.29) is 11.7 Å². The lowest BCUT2D eigenvalue weighted by molar-refractivity contribution is -0.183. The molecule has 6 atom stereocenters. The number of epoxide rings is 1. The Labute approximate surface area is 157 Å². The van der Waals surface area contributed by atoms with Crippen molar-refractivity contribution in [3.8, 4) is 0 Å². The van der Waals surface area contributed by atoms with Crippen LogP contribution in [0.25, 0.3) is 0 Å². The summed E-state index contributed by atoms with van der Waals surface area (Å²) in [6.07, 6.45) is 2.52. The van der Waals surface area contributed by atoms with E-state index in [0.717, 1.165) is 12.0 Å². The predicted octanol–water partition coefficient (Wildman–Crippen LogP) is 1.77. The number of hydrogen-bond donors (Lipinski definition) is 0. The summed E-state index contributed by atoms with van der Waals surface area (Å²) in [7, 11) is 0. The Morgan fingerprint density at radius 2 is 2.00 bits per heavy atom. The van der Waals surface area contributed by atoms with E-state index in [1.807, 2.05) is 19.1 Å². The molecule has 0 bridgehead atoms. The zero-order valence-corrected chi connectivity index (χ0v) is 15.5. The molecule has 0 N–H and O–H groups in total. The monoisotopic (exact) mass is 374 g/mol. The van der Waals surface area contributed by atoms with E-state index >= 15 is 0 Å². The third kappa shape index (κ3) is 2.81. The second kappa shape index (κ2) is 6.05. The maximum Gasteiger partial charge on any atom is 0.341 e. The first-order chi connectivity index (χ1) is 12.7. The number of rotatable bonds is 2. The fourth-order valence-corrected chi connectivity index (χ4v) is 3.81. The van der Waals surface area contributed by atoms with Gasteiger partial charge in [0.25, 0.3) is 0 Å². The van der Waals surface area contributed by atoms with Gasteiger partial charge in [-0.2, -0.15) is 0 Å². The van der Waals surface area contributed by atoms with Gasteiger partial charge in [-0.15, -0.1) is 0 Å². The van der Waals surface area contributed by atoms with Gasteiger partial charge in [0.15, 0.2) is 17.8 Å². The molecule has 4 rings (SSSR count). The second-order valence-electron chi connectivity index (χ2n) is 7.70. The highest BCUT2D eigenvalue weighted by molar-refractivity contribution is 5.96. The third-order valence-electron chi connectivity index (χ3n) is 5.83. The van der Waals surface area contributed by atoms with Crippen LogP contribution in [0, 0.1) is 5.92 Å². The van der Waals surface area contributed by atoms with Gasteiger partial charge in [-0.05, 0) is 39.7 Å². The minimum absolute atomic E-state index is 0.208. The number of ether oxygens (including phenoxy) is 4. The molecule has 4 aliphatic rings. The molecule has 144 valence electrons. The molecule has 3 heterocycles. The largest absolute Gasteiger partial charge is 0.455 e. The topological polar surface area (TPSA) is 91.4 Å². The zero-order chi connectivity index (χ0) is 19.5. The van der Waals surface area contributed by atoms with Gasteiger partial charge in [0, 0.05) is 5.57 Å². The molecule has 0 aromatic rings. The lowest BCUT2D eigenvalue weighted by Gasteiger charge is -2.39. The fourth-order valence-electron chi connectivity index (χ4n) is 3.81. The third-order valence-corrected chi connectivity index (χ3v) is 5.83. The second-order valence-corrected chi connectivity index (χ2v) is 7.70. The van der Waals surface area contributed by atoms with Crippen molar-refractivity contribution in [2.24, 2.45) is 5.92 Å². The predicted molar refractivity (Wildman–Crippen MR) is 92.3 cm³/mol. The fraction of sp³-hybridized carbons (Fsp3) is 0.550. The summed E-state index contributed by atoms with van der Waals surface area (Å²) in [5, 5.41) is 0. The maximum absolute atomic E-state index is 12.7. The first-order valence-corrected chi connectivity index (χ1v) is 9.09. The Bertz CT molecular complexity index is 807. The number of allylic oxidation sites excluding steroid dienone is 2. The van der Waals surface area contributed by atoms with Crippen molar-refractivity contribution in [3.05, 3.63) is 35.5 Å². The van der Waals surface area contributed by atoms with Crippen molar-refractivity contribution in [1.29, 1.82) is 0 Å². The Kier molecular flexibility index (Phi) is 4.03. The molecule has 7 nitrogen and oxygen atoms in total. The first-order valence-electron chi connectivity index (χ1n) is 9.09. The lowest BCUT2D eigenvalue weighted by Crippen LogP contribution is -2.53. The molecular weight excluding hydrogens is 352 g/mol. The van der Waals surface area contributed by atoms with Crippen LogP contribution in [0.1, 0.15) is 33.6 Å². The van der Waals surface area contributed by atoms with E-state index in [1.54, 1.807) is 13.8 Å². The number of carbonyl (C=O) groups is 3. The van der Waals surface area contributed by atoms with Crippen LogP contribution in [0.2, 0.25) is 0 Å². The summed E-state index contributed by atoms with van der Waals surface area (Å²) in [6.45, 7) is 9.20. The number of hydrogen-bond acceptors (Lipinski definition) is 7. The van der Waals surface area contributed by atoms with E-state index in [0.29, 0.717) is 12.0 Å². The average molecular weight is 374 g/mol. The molecule has 27 heavy (non-hydrogen) atoms. The minimum Gasteiger partial charge on any atom is -0.455 e. The Morgan fingerprint density at radius 3 is 2.63 bits per heavy atom. The minimum atomic E-state index is -1.03. The van der Waals surface area contributed by atoms with Crippen LogP contribution < -0.4 is 0 Å². The molecule has 0 aromatic heterocycles. The van der Waals surface area contributed by atoms with Crippen LogP contribution in [-0.4, -0.2) is 47.9 Å². The van der Waals surface area contributed by atoms with Gasteiger partial charge in [0.05, 0.1) is 17.6 Å². The lowest BCUT2D eigenvalue weighted by atomic mass is 9.81. The quantitative estimate of drug-likeness (QED) is 0.239. The molecule has 0 amide bonds. The van der Waals surface area contributed by atoms with Crippen molar-refractivity contribution in [3.63, 3.8) is 0 Å². The molecule has 0 aromatic carbocycles. The summed E-state index contributed by atoms with van der Waals surface area (Å²) >= 11 is 0. The number of esters is 3. The summed E-state index contributed by atoms with van der Waals surface area (Å²) in [4.78, 5) is 36.8. The van der Waals surface area contributed by atoms with Crippen molar-refractivity contribution in [2.75, 3.05) is 0 Å². The SMILES string of the molecule is C=C1C(=O)O[C@@H]2/C=C(/C)CC/C=C3\C(=O)O[C@@H]3[C@@H](OC(=O)[C@@]3(C)O[C@H]3C)[C@@H]12. The molecule has 3 saturated heterocycles. The average Bonchev–Trinajstić information content (AvgIpc) is 3.13. The standard InChI is InChI=1S/C20H22O7/c1-9-6-5-7-12-15(25-18(12)22)16(26-19(23)20(4)11(3)27-20)14-10(2)17(21)24-13(14)8-9/h7-8,11,13-16H,2,5-6H2,1,3-4H3/b9-8-,12-7-/t11-,13+,14-,15-,16-,20-/m0/s1. The van der Waals surface area contributed by atoms with Gasteiger partial charge in [-0.25, -0.2) is 14.4 Å². The molecule has 3 fully saturated rings. The van der Waals surface area contributed by atoms with Crippen molar-refractivity contribution in [1.82, 2.24) is 0 Å². The summed E-state index contributed by atoms with van der Waals surface area (Å²) in [5.41, 5.74) is 0.661. The van der Waals surface area contributed by atoms with E-state index in [4.69, 9.17) is 18.9 Å². The highest BCUT2D eigenvalue weighted by atomic mass is 16.7. The molecule has 3 aliphatic heterocycles. The van der Waals surface area contributed by atoms with Crippen LogP contribution in [0.3, 0.4) is 0 Å². The van der Waals surface area contributed by atoms with Gasteiger partial charge in [-0.3, -0.25) is 0 Å². The van der Waals surface area contributed by atoms with E-state index in [9.17, 15) is 14.4 Å². The molecule has 0 unspecified atom stereocenters. The molecule has 0 radical (unpaired) electrons. The van der Waals surface area contributed by atoms with Gasteiger partial charge in [-0.1, -0.05) is 18.2 Å². The summed E-state index contributed by atoms with van der Waals surface area (Å²) < 4.78 is 21.9. The van der Waals surface area contributed by atoms with Gasteiger partial charge < -0.3 is 18.9 Å². The maximum atomic E-state index is 12.7. The van der Waals surface area contributed by atoms with Crippen LogP contribution in [-0.2, 0) is 33.3 Å². The van der Waals surface area contributed by atoms with Crippen molar-refractivity contribution >= 4 is 17.9 Å². The van der Waals surface area contributed by atoms with Crippen molar-refractivity contribution < 1.29 is 33.3 Å². The van der Waals surface area contributed by atoms with E-state index in [1.165, 1.54) is 0 Å². The molecule has 0 saturated carbocycles. The van der Waals surface area contributed by atoms with Gasteiger partial charge in [0.1, 0.15) is 6.10 Å². The van der Waals surface area contributed by atoms with Crippen LogP contribution in [0.5, 0.6) is 0 Å². The highest BCUT2D eigenvalue weighted by Gasteiger charge is 2.60. The Morgan fingerprint density at radius 1 is 1.30 bits per heavy atom. The number of carbonyl (C=O) groups excluding carboxylic acids is 3. The Balaban J connectivity index is 1.71. The van der Waals surface area contributed by atoms with Gasteiger partial charge in [0.2, 0.25) is 0 Å². The highest BCUT2D eigenvalue weighted by Crippen LogP contribution is 2.43. The molecular formula is C20H22O7. The van der Waals surface area contributed by atoms with Crippen LogP contribution >= 0.6 is 0 Å². The molecule has 7 heteroatoms. The van der Waals surface area contributed by atoms with E-state index < -0.39 is 47.7 Å². The molecule has 1 aliphatic carbocycles. The normalized spacial score (nSPS) is 44.3. The van der Waals surface area contributed by atoms with E-state index in [2.05, 4.69) is 6.58 Å². The van der Waals surface area contributed by atoms with Crippen LogP contribution in [0.15, 0.2) is 35.5 Å². The smallest absolute Gasteiger partial charge is 0.341 e.